The molecule has 64 valence electrons. The van der Waals surface area contributed by atoms with Crippen molar-refractivity contribution in [3.63, 3.8) is 0 Å². The second-order valence-electron chi connectivity index (χ2n) is 3.36. The molecule has 0 aromatic carbocycles. The summed E-state index contributed by atoms with van der Waals surface area (Å²) in [5.41, 5.74) is 0.659. The first kappa shape index (κ1) is 7.59. The maximum atomic E-state index is 11.1. The second kappa shape index (κ2) is 2.77. The van der Waals surface area contributed by atoms with Gasteiger partial charge in [0.25, 0.3) is 0 Å². The summed E-state index contributed by atoms with van der Waals surface area (Å²) < 4.78 is 5.13. The lowest BCUT2D eigenvalue weighted by atomic mass is 9.93. The third-order valence-electron chi connectivity index (χ3n) is 2.56. The van der Waals surface area contributed by atoms with Crippen LogP contribution in [0.4, 0.5) is 0 Å². The number of esters is 1. The minimum Gasteiger partial charge on any atom is -0.454 e. The van der Waals surface area contributed by atoms with Crippen molar-refractivity contribution in [3.05, 3.63) is 24.3 Å². The van der Waals surface area contributed by atoms with E-state index in [4.69, 9.17) is 4.74 Å². The third kappa shape index (κ3) is 1.07. The first-order chi connectivity index (χ1) is 5.79. The van der Waals surface area contributed by atoms with Gasteiger partial charge in [-0.2, -0.15) is 0 Å². The molecular weight excluding hydrogens is 152 g/mol. The van der Waals surface area contributed by atoms with Crippen LogP contribution in [0.3, 0.4) is 0 Å². The van der Waals surface area contributed by atoms with Crippen molar-refractivity contribution < 1.29 is 9.53 Å². The summed E-state index contributed by atoms with van der Waals surface area (Å²) >= 11 is 0. The molecular formula is C10H12O2. The Morgan fingerprint density at radius 2 is 2.42 bits per heavy atom. The molecule has 1 aliphatic carbocycles. The molecule has 2 heteroatoms. The van der Waals surface area contributed by atoms with Crippen molar-refractivity contribution in [1.29, 1.82) is 0 Å². The van der Waals surface area contributed by atoms with Crippen molar-refractivity contribution in [3.8, 4) is 0 Å². The van der Waals surface area contributed by atoms with E-state index in [9.17, 15) is 4.79 Å². The van der Waals surface area contributed by atoms with Crippen LogP contribution < -0.4 is 0 Å². The van der Waals surface area contributed by atoms with Gasteiger partial charge in [-0.15, -0.1) is 0 Å². The molecule has 0 spiro atoms. The second-order valence-corrected chi connectivity index (χ2v) is 3.36. The lowest BCUT2D eigenvalue weighted by Crippen LogP contribution is -2.11. The Bertz CT molecular complexity index is 253. The number of rotatable bonds is 0. The van der Waals surface area contributed by atoms with E-state index in [1.54, 1.807) is 0 Å². The SMILES string of the molecule is C=C1C(=O)O[C@H]2C=CCCC[C@@H]12. The first-order valence-corrected chi connectivity index (χ1v) is 4.35. The molecule has 0 N–H and O–H groups in total. The maximum Gasteiger partial charge on any atom is 0.334 e. The summed E-state index contributed by atoms with van der Waals surface area (Å²) in [5, 5.41) is 0. The van der Waals surface area contributed by atoms with Crippen LogP contribution in [0, 0.1) is 5.92 Å². The average molecular weight is 164 g/mol. The van der Waals surface area contributed by atoms with Gasteiger partial charge in [0.15, 0.2) is 0 Å². The molecule has 0 amide bonds. The minimum atomic E-state index is -0.212. The van der Waals surface area contributed by atoms with Crippen molar-refractivity contribution in [2.75, 3.05) is 0 Å². The Hall–Kier alpha value is -1.05. The summed E-state index contributed by atoms with van der Waals surface area (Å²) in [7, 11) is 0. The Kier molecular flexibility index (Phi) is 1.75. The van der Waals surface area contributed by atoms with Crippen LogP contribution in [-0.2, 0) is 9.53 Å². The van der Waals surface area contributed by atoms with Crippen molar-refractivity contribution >= 4 is 5.97 Å². The van der Waals surface area contributed by atoms with Gasteiger partial charge in [0.2, 0.25) is 0 Å². The number of carbonyl (C=O) groups is 1. The Morgan fingerprint density at radius 1 is 1.58 bits per heavy atom. The third-order valence-corrected chi connectivity index (χ3v) is 2.56. The van der Waals surface area contributed by atoms with Crippen LogP contribution in [0.2, 0.25) is 0 Å². The highest BCUT2D eigenvalue weighted by Gasteiger charge is 2.36. The van der Waals surface area contributed by atoms with Gasteiger partial charge in [-0.1, -0.05) is 12.7 Å². The predicted molar refractivity (Wildman–Crippen MR) is 45.5 cm³/mol. The molecule has 2 atom stereocenters. The zero-order valence-corrected chi connectivity index (χ0v) is 6.95. The molecule has 0 aromatic heterocycles. The summed E-state index contributed by atoms with van der Waals surface area (Å²) in [6.07, 6.45) is 7.32. The molecule has 1 saturated heterocycles. The van der Waals surface area contributed by atoms with Crippen molar-refractivity contribution in [2.24, 2.45) is 5.92 Å². The normalized spacial score (nSPS) is 34.3. The van der Waals surface area contributed by atoms with Crippen LogP contribution in [0.15, 0.2) is 24.3 Å². The van der Waals surface area contributed by atoms with E-state index in [0.29, 0.717) is 5.57 Å². The number of fused-ring (bicyclic) bond motifs is 1. The molecule has 12 heavy (non-hydrogen) atoms. The van der Waals surface area contributed by atoms with Crippen LogP contribution in [0.25, 0.3) is 0 Å². The fraction of sp³-hybridized carbons (Fsp3) is 0.500. The predicted octanol–water partition coefficient (Wildman–Crippen LogP) is 1.82. The fourth-order valence-electron chi connectivity index (χ4n) is 1.83. The Morgan fingerprint density at radius 3 is 3.25 bits per heavy atom. The van der Waals surface area contributed by atoms with Crippen LogP contribution >= 0.6 is 0 Å². The van der Waals surface area contributed by atoms with Crippen LogP contribution in [0.5, 0.6) is 0 Å². The topological polar surface area (TPSA) is 26.3 Å². The smallest absolute Gasteiger partial charge is 0.334 e. The lowest BCUT2D eigenvalue weighted by molar-refractivity contribution is -0.137. The van der Waals surface area contributed by atoms with E-state index in [1.807, 2.05) is 6.08 Å². The number of hydrogen-bond acceptors (Lipinski definition) is 2. The molecule has 1 heterocycles. The molecule has 0 aromatic rings. The first-order valence-electron chi connectivity index (χ1n) is 4.35. The molecule has 0 bridgehead atoms. The zero-order valence-electron chi connectivity index (χ0n) is 6.95. The highest BCUT2D eigenvalue weighted by molar-refractivity contribution is 5.91. The van der Waals surface area contributed by atoms with Gasteiger partial charge in [0.05, 0.1) is 0 Å². The Balaban J connectivity index is 2.23. The van der Waals surface area contributed by atoms with Gasteiger partial charge in [0.1, 0.15) is 6.10 Å². The average Bonchev–Trinajstić information content (AvgIpc) is 2.30. The molecule has 0 unspecified atom stereocenters. The summed E-state index contributed by atoms with van der Waals surface area (Å²) in [6.45, 7) is 3.75. The van der Waals surface area contributed by atoms with Crippen LogP contribution in [0.1, 0.15) is 19.3 Å². The number of carbonyl (C=O) groups excluding carboxylic acids is 1. The Labute approximate surface area is 71.9 Å². The van der Waals surface area contributed by atoms with E-state index in [1.165, 1.54) is 0 Å². The van der Waals surface area contributed by atoms with E-state index >= 15 is 0 Å². The van der Waals surface area contributed by atoms with Gasteiger partial charge >= 0.3 is 5.97 Å². The fourth-order valence-corrected chi connectivity index (χ4v) is 1.83. The van der Waals surface area contributed by atoms with E-state index in [0.717, 1.165) is 19.3 Å². The minimum absolute atomic E-state index is 0.0208. The number of ether oxygens (including phenoxy) is 1. The van der Waals surface area contributed by atoms with Crippen LogP contribution in [-0.4, -0.2) is 12.1 Å². The number of hydrogen-bond donors (Lipinski definition) is 0. The van der Waals surface area contributed by atoms with E-state index < -0.39 is 0 Å². The largest absolute Gasteiger partial charge is 0.454 e. The molecule has 2 rings (SSSR count). The maximum absolute atomic E-state index is 11.1. The lowest BCUT2D eigenvalue weighted by Gasteiger charge is -2.10. The van der Waals surface area contributed by atoms with Gasteiger partial charge in [0, 0.05) is 11.5 Å². The molecule has 0 radical (unpaired) electrons. The molecule has 2 nitrogen and oxygen atoms in total. The van der Waals surface area contributed by atoms with Crippen molar-refractivity contribution in [1.82, 2.24) is 0 Å². The summed E-state index contributed by atoms with van der Waals surface area (Å²) in [4.78, 5) is 11.1. The monoisotopic (exact) mass is 164 g/mol. The number of allylic oxidation sites excluding steroid dienone is 1. The van der Waals surface area contributed by atoms with Gasteiger partial charge < -0.3 is 4.74 Å². The summed E-state index contributed by atoms with van der Waals surface area (Å²) in [5.74, 6) is 0.0350. The zero-order chi connectivity index (χ0) is 8.55. The van der Waals surface area contributed by atoms with Gasteiger partial charge in [-0.25, -0.2) is 4.79 Å². The highest BCUT2D eigenvalue weighted by Crippen LogP contribution is 2.33. The van der Waals surface area contributed by atoms with Gasteiger partial charge in [-0.05, 0) is 25.3 Å². The standard InChI is InChI=1S/C10H12O2/c1-7-8-5-3-2-4-6-9(8)12-10(7)11/h4,6,8-9H,1-3,5H2/t8-,9-/m0/s1. The van der Waals surface area contributed by atoms with E-state index in [2.05, 4.69) is 12.7 Å². The molecule has 1 aliphatic heterocycles. The van der Waals surface area contributed by atoms with Crippen molar-refractivity contribution in [2.45, 2.75) is 25.4 Å². The molecule has 0 saturated carbocycles. The van der Waals surface area contributed by atoms with Gasteiger partial charge in [-0.3, -0.25) is 0 Å². The molecule has 2 aliphatic rings. The molecule has 1 fully saturated rings. The van der Waals surface area contributed by atoms with E-state index in [-0.39, 0.29) is 18.0 Å². The summed E-state index contributed by atoms with van der Waals surface area (Å²) in [6, 6.07) is 0. The highest BCUT2D eigenvalue weighted by atomic mass is 16.5. The quantitative estimate of drug-likeness (QED) is 0.310.